The maximum absolute atomic E-state index is 12.6. The highest BCUT2D eigenvalue weighted by Gasteiger charge is 2.54. The van der Waals surface area contributed by atoms with Gasteiger partial charge in [-0.25, -0.2) is 4.79 Å². The Kier molecular flexibility index (Phi) is 6.47. The number of aromatic nitrogens is 2. The van der Waals surface area contributed by atoms with Gasteiger partial charge < -0.3 is 9.84 Å². The topological polar surface area (TPSA) is 93.4 Å². The fraction of sp³-hybridized carbons (Fsp3) is 0.240. The third kappa shape index (κ3) is 4.46. The minimum atomic E-state index is -0.833. The summed E-state index contributed by atoms with van der Waals surface area (Å²) in [5.41, 5.74) is 0.390. The molecule has 2 N–H and O–H groups in total. The average molecular weight is 560 g/mol. The van der Waals surface area contributed by atoms with Crippen LogP contribution >= 0.6 is 45.9 Å². The monoisotopic (exact) mass is 559 g/mol. The van der Waals surface area contributed by atoms with E-state index in [1.807, 2.05) is 18.2 Å². The summed E-state index contributed by atoms with van der Waals surface area (Å²) in [6.07, 6.45) is 1.58. The van der Waals surface area contributed by atoms with Crippen LogP contribution in [-0.4, -0.2) is 26.9 Å². The number of aliphatic carboxylic acids is 1. The minimum Gasteiger partial charge on any atom is -0.481 e. The maximum atomic E-state index is 12.6. The molecule has 3 heterocycles. The van der Waals surface area contributed by atoms with Crippen molar-refractivity contribution in [3.05, 3.63) is 67.5 Å². The molecule has 1 atom stereocenters. The normalized spacial score (nSPS) is 14.7. The Hall–Kier alpha value is -3.03. The Morgan fingerprint density at radius 3 is 2.67 bits per heavy atom. The molecule has 36 heavy (non-hydrogen) atoms. The zero-order chi connectivity index (χ0) is 25.6. The Morgan fingerprint density at radius 2 is 2.00 bits per heavy atom. The van der Waals surface area contributed by atoms with Crippen molar-refractivity contribution in [2.45, 2.75) is 31.3 Å². The lowest BCUT2D eigenvalue weighted by Crippen LogP contribution is -2.18. The first-order valence-electron chi connectivity index (χ1n) is 10.9. The summed E-state index contributed by atoms with van der Waals surface area (Å²) in [7, 11) is 1.69. The second-order valence-electron chi connectivity index (χ2n) is 8.42. The van der Waals surface area contributed by atoms with E-state index in [0.717, 1.165) is 19.2 Å². The number of anilines is 1. The van der Waals surface area contributed by atoms with E-state index in [0.29, 0.717) is 39.8 Å². The van der Waals surface area contributed by atoms with E-state index in [9.17, 15) is 14.7 Å². The van der Waals surface area contributed by atoms with Gasteiger partial charge in [-0.15, -0.1) is 22.7 Å². The van der Waals surface area contributed by atoms with Crippen LogP contribution in [0.5, 0.6) is 0 Å². The number of carboxylic acids is 1. The van der Waals surface area contributed by atoms with Crippen molar-refractivity contribution in [1.82, 2.24) is 9.78 Å². The van der Waals surface area contributed by atoms with Crippen molar-refractivity contribution in [1.29, 1.82) is 0 Å². The Bertz CT molecular complexity index is 1570. The van der Waals surface area contributed by atoms with Crippen LogP contribution < -0.4 is 5.32 Å². The van der Waals surface area contributed by atoms with Crippen molar-refractivity contribution in [2.24, 2.45) is 7.05 Å². The molecule has 1 amide bonds. The number of carboxylic acid groups (broad SMARTS) is 1. The molecule has 0 saturated heterocycles. The van der Waals surface area contributed by atoms with Gasteiger partial charge in [0.15, 0.2) is 0 Å². The number of amides is 1. The highest BCUT2D eigenvalue weighted by atomic mass is 35.5. The fourth-order valence-corrected chi connectivity index (χ4v) is 7.28. The number of thiophene rings is 2. The summed E-state index contributed by atoms with van der Waals surface area (Å²) in [6.45, 7) is 1.74. The summed E-state index contributed by atoms with van der Waals surface area (Å²) >= 11 is 15.6. The number of ether oxygens (including phenoxy) is 1. The van der Waals surface area contributed by atoms with Gasteiger partial charge in [-0.1, -0.05) is 53.2 Å². The zero-order valence-electron chi connectivity index (χ0n) is 19.1. The first-order valence-corrected chi connectivity index (χ1v) is 13.3. The molecule has 184 valence electrons. The number of carbonyl (C=O) groups excluding carboxylic acids is 1. The van der Waals surface area contributed by atoms with E-state index < -0.39 is 23.6 Å². The number of nitrogens with zero attached hydrogens (tertiary/aromatic N) is 2. The highest BCUT2D eigenvalue weighted by Crippen LogP contribution is 2.56. The number of hydrogen-bond donors (Lipinski definition) is 2. The molecule has 1 saturated carbocycles. The van der Waals surface area contributed by atoms with Crippen molar-refractivity contribution < 1.29 is 19.4 Å². The standard InChI is InChI=1S/C25H19Cl2N3O4S2/c1-13(16-5-3-4-6-18(16)26)34-24(33)29-21-14(12-28-30(21)2)7-8-15-11-17-19(27)20(36-22(17)35-15)25(9-10-25)23(31)32/h3-6,11-13H,9-10H2,1-2H3,(H,29,33)(H,31,32). The molecular formula is C25H19Cl2N3O4S2. The molecule has 1 fully saturated rings. The zero-order valence-corrected chi connectivity index (χ0v) is 22.2. The molecule has 3 aromatic heterocycles. The van der Waals surface area contributed by atoms with Gasteiger partial charge in [0.1, 0.15) is 17.3 Å². The molecule has 0 aliphatic heterocycles. The van der Waals surface area contributed by atoms with Gasteiger partial charge in [0.25, 0.3) is 0 Å². The predicted octanol–water partition coefficient (Wildman–Crippen LogP) is 6.83. The van der Waals surface area contributed by atoms with Gasteiger partial charge in [0.2, 0.25) is 0 Å². The lowest BCUT2D eigenvalue weighted by atomic mass is 10.1. The van der Waals surface area contributed by atoms with Gasteiger partial charge in [-0.3, -0.25) is 14.8 Å². The van der Waals surface area contributed by atoms with Crippen LogP contribution in [0.4, 0.5) is 10.6 Å². The van der Waals surface area contributed by atoms with E-state index in [-0.39, 0.29) is 0 Å². The molecule has 0 spiro atoms. The van der Waals surface area contributed by atoms with Gasteiger partial charge in [0, 0.05) is 27.9 Å². The third-order valence-electron chi connectivity index (χ3n) is 6.03. The SMILES string of the molecule is CC(OC(=O)Nc1c(C#Cc2cc3c(Cl)c(C4(C(=O)O)CC4)sc3s2)cnn1C)c1ccccc1Cl. The summed E-state index contributed by atoms with van der Waals surface area (Å²) in [6, 6.07) is 9.04. The lowest BCUT2D eigenvalue weighted by Gasteiger charge is -2.15. The molecule has 1 aromatic carbocycles. The van der Waals surface area contributed by atoms with Crippen LogP contribution in [0.3, 0.4) is 0 Å². The Balaban J connectivity index is 1.33. The third-order valence-corrected chi connectivity index (χ3v) is 9.43. The second kappa shape index (κ2) is 9.45. The molecule has 1 aliphatic carbocycles. The smallest absolute Gasteiger partial charge is 0.413 e. The lowest BCUT2D eigenvalue weighted by molar-refractivity contribution is -0.139. The Labute approximate surface area is 224 Å². The van der Waals surface area contributed by atoms with Crippen LogP contribution in [0, 0.1) is 11.8 Å². The number of carbonyl (C=O) groups is 2. The van der Waals surface area contributed by atoms with Crippen LogP contribution in [-0.2, 0) is 22.0 Å². The molecule has 0 bridgehead atoms. The summed E-state index contributed by atoms with van der Waals surface area (Å²) in [5, 5.41) is 18.3. The van der Waals surface area contributed by atoms with E-state index >= 15 is 0 Å². The molecule has 0 radical (unpaired) electrons. The maximum Gasteiger partial charge on any atom is 0.413 e. The number of benzene rings is 1. The number of aryl methyl sites for hydroxylation is 1. The molecule has 5 rings (SSSR count). The number of nitrogens with one attached hydrogen (secondary N) is 1. The minimum absolute atomic E-state index is 0.398. The van der Waals surface area contributed by atoms with Crippen LogP contribution in [0.15, 0.2) is 36.5 Å². The number of rotatable bonds is 5. The molecule has 7 nitrogen and oxygen atoms in total. The second-order valence-corrected chi connectivity index (χ2v) is 11.5. The van der Waals surface area contributed by atoms with E-state index in [2.05, 4.69) is 22.3 Å². The van der Waals surface area contributed by atoms with Gasteiger partial charge in [-0.05, 0) is 31.9 Å². The molecule has 11 heteroatoms. The number of hydrogen-bond acceptors (Lipinski definition) is 6. The van der Waals surface area contributed by atoms with E-state index in [1.54, 1.807) is 32.3 Å². The van der Waals surface area contributed by atoms with Crippen LogP contribution in [0.2, 0.25) is 10.0 Å². The summed E-state index contributed by atoms with van der Waals surface area (Å²) in [4.78, 5) is 25.7. The highest BCUT2D eigenvalue weighted by molar-refractivity contribution is 7.39. The van der Waals surface area contributed by atoms with Crippen molar-refractivity contribution in [3.8, 4) is 11.8 Å². The van der Waals surface area contributed by atoms with Crippen LogP contribution in [0.1, 0.15) is 46.8 Å². The summed E-state index contributed by atoms with van der Waals surface area (Å²) < 4.78 is 7.93. The number of halogens is 2. The summed E-state index contributed by atoms with van der Waals surface area (Å²) in [5.74, 6) is 5.72. The molecule has 1 aliphatic rings. The van der Waals surface area contributed by atoms with Gasteiger partial charge in [-0.2, -0.15) is 5.10 Å². The molecular weight excluding hydrogens is 541 g/mol. The number of fused-ring (bicyclic) bond motifs is 1. The molecule has 1 unspecified atom stereocenters. The predicted molar refractivity (Wildman–Crippen MR) is 142 cm³/mol. The fourth-order valence-electron chi connectivity index (χ4n) is 3.86. The largest absolute Gasteiger partial charge is 0.481 e. The van der Waals surface area contributed by atoms with Gasteiger partial charge >= 0.3 is 12.1 Å². The Morgan fingerprint density at radius 1 is 1.25 bits per heavy atom. The van der Waals surface area contributed by atoms with E-state index in [1.165, 1.54) is 27.4 Å². The van der Waals surface area contributed by atoms with E-state index in [4.69, 9.17) is 27.9 Å². The van der Waals surface area contributed by atoms with Crippen molar-refractivity contribution >= 4 is 73.2 Å². The quantitative estimate of drug-likeness (QED) is 0.261. The van der Waals surface area contributed by atoms with Gasteiger partial charge in [0.05, 0.1) is 25.7 Å². The van der Waals surface area contributed by atoms with Crippen LogP contribution in [0.25, 0.3) is 9.40 Å². The molecule has 4 aromatic rings. The van der Waals surface area contributed by atoms with Crippen molar-refractivity contribution in [2.75, 3.05) is 5.32 Å². The van der Waals surface area contributed by atoms with Crippen molar-refractivity contribution in [3.63, 3.8) is 0 Å². The first kappa shape index (κ1) is 24.7. The first-order chi connectivity index (χ1) is 17.2. The average Bonchev–Trinajstić information content (AvgIpc) is 3.32.